The van der Waals surface area contributed by atoms with Crippen LogP contribution >= 0.6 is 0 Å². The Morgan fingerprint density at radius 1 is 0.724 bits per heavy atom. The molecule has 0 aliphatic heterocycles. The van der Waals surface area contributed by atoms with E-state index in [-0.39, 0.29) is 11.8 Å². The zero-order chi connectivity index (χ0) is 20.9. The molecule has 0 spiro atoms. The van der Waals surface area contributed by atoms with Gasteiger partial charge in [0, 0.05) is 11.4 Å². The summed E-state index contributed by atoms with van der Waals surface area (Å²) in [6.45, 7) is 5.10. The fourth-order valence-corrected chi connectivity index (χ4v) is 2.61. The minimum absolute atomic E-state index is 0.367. The van der Waals surface area contributed by atoms with Gasteiger partial charge < -0.3 is 15.4 Å². The van der Waals surface area contributed by atoms with Gasteiger partial charge in [0.05, 0.1) is 0 Å². The number of hydrogen-bond donors (Lipinski definition) is 2. The van der Waals surface area contributed by atoms with Gasteiger partial charge >= 0.3 is 0 Å². The van der Waals surface area contributed by atoms with Crippen LogP contribution in [0.1, 0.15) is 19.4 Å². The third kappa shape index (κ3) is 5.02. The molecule has 2 N–H and O–H groups in total. The number of ether oxygens (including phenoxy) is 1. The van der Waals surface area contributed by atoms with Gasteiger partial charge in [0.25, 0.3) is 0 Å². The number of rotatable bonds is 6. The van der Waals surface area contributed by atoms with E-state index in [1.807, 2.05) is 61.5 Å². The third-order valence-electron chi connectivity index (χ3n) is 4.62. The van der Waals surface area contributed by atoms with Gasteiger partial charge in [-0.05, 0) is 68.8 Å². The van der Waals surface area contributed by atoms with E-state index in [0.717, 1.165) is 11.3 Å². The second-order valence-corrected chi connectivity index (χ2v) is 7.29. The Kier molecular flexibility index (Phi) is 5.98. The predicted octanol–water partition coefficient (Wildman–Crippen LogP) is 5.39. The van der Waals surface area contributed by atoms with Gasteiger partial charge in [0.2, 0.25) is 11.8 Å². The van der Waals surface area contributed by atoms with Crippen molar-refractivity contribution in [2.45, 2.75) is 20.8 Å². The first-order valence-electron chi connectivity index (χ1n) is 9.38. The van der Waals surface area contributed by atoms with Gasteiger partial charge in [-0.25, -0.2) is 0 Å². The fourth-order valence-electron chi connectivity index (χ4n) is 2.61. The van der Waals surface area contributed by atoms with Crippen molar-refractivity contribution < 1.29 is 14.3 Å². The van der Waals surface area contributed by atoms with E-state index in [2.05, 4.69) is 10.6 Å². The van der Waals surface area contributed by atoms with Gasteiger partial charge in [-0.15, -0.1) is 0 Å². The molecule has 5 heteroatoms. The molecule has 0 fully saturated rings. The van der Waals surface area contributed by atoms with Crippen LogP contribution in [0, 0.1) is 12.3 Å². The van der Waals surface area contributed by atoms with Crippen molar-refractivity contribution in [1.29, 1.82) is 0 Å². The molecule has 0 saturated heterocycles. The van der Waals surface area contributed by atoms with E-state index < -0.39 is 5.41 Å². The summed E-state index contributed by atoms with van der Waals surface area (Å²) in [4.78, 5) is 25.4. The lowest BCUT2D eigenvalue weighted by Crippen LogP contribution is -2.41. The van der Waals surface area contributed by atoms with Gasteiger partial charge in [0.1, 0.15) is 16.9 Å². The number of hydrogen-bond acceptors (Lipinski definition) is 3. The van der Waals surface area contributed by atoms with Crippen LogP contribution in [0.3, 0.4) is 0 Å². The van der Waals surface area contributed by atoms with Crippen molar-refractivity contribution in [2.75, 3.05) is 10.6 Å². The Balaban J connectivity index is 1.63. The Morgan fingerprint density at radius 3 is 1.93 bits per heavy atom. The summed E-state index contributed by atoms with van der Waals surface area (Å²) in [6, 6.07) is 23.9. The van der Waals surface area contributed by atoms with Gasteiger partial charge in [0.15, 0.2) is 0 Å². The number of nitrogens with one attached hydrogen (secondary N) is 2. The molecule has 3 aromatic carbocycles. The van der Waals surface area contributed by atoms with E-state index in [1.54, 1.807) is 38.1 Å². The molecule has 0 unspecified atom stereocenters. The van der Waals surface area contributed by atoms with E-state index in [4.69, 9.17) is 4.74 Å². The van der Waals surface area contributed by atoms with Crippen LogP contribution in [0.25, 0.3) is 0 Å². The second-order valence-electron chi connectivity index (χ2n) is 7.29. The Morgan fingerprint density at radius 2 is 1.28 bits per heavy atom. The predicted molar refractivity (Wildman–Crippen MR) is 115 cm³/mol. The van der Waals surface area contributed by atoms with Crippen LogP contribution < -0.4 is 15.4 Å². The van der Waals surface area contributed by atoms with Crippen molar-refractivity contribution in [3.63, 3.8) is 0 Å². The van der Waals surface area contributed by atoms with E-state index in [1.165, 1.54) is 0 Å². The van der Waals surface area contributed by atoms with E-state index >= 15 is 0 Å². The lowest BCUT2D eigenvalue weighted by Gasteiger charge is -2.23. The highest BCUT2D eigenvalue weighted by atomic mass is 16.5. The fraction of sp³-hybridized carbons (Fsp3) is 0.167. The van der Waals surface area contributed by atoms with Crippen molar-refractivity contribution in [2.24, 2.45) is 5.41 Å². The second kappa shape index (κ2) is 8.61. The van der Waals surface area contributed by atoms with Crippen LogP contribution in [0.5, 0.6) is 11.5 Å². The monoisotopic (exact) mass is 388 g/mol. The van der Waals surface area contributed by atoms with E-state index in [9.17, 15) is 9.59 Å². The van der Waals surface area contributed by atoms with Crippen LogP contribution in [0.4, 0.5) is 11.4 Å². The van der Waals surface area contributed by atoms with Crippen molar-refractivity contribution in [3.8, 4) is 11.5 Å². The molecule has 0 aromatic heterocycles. The number of benzene rings is 3. The lowest BCUT2D eigenvalue weighted by molar-refractivity contribution is -0.135. The molecule has 0 radical (unpaired) electrons. The molecule has 5 nitrogen and oxygen atoms in total. The van der Waals surface area contributed by atoms with Gasteiger partial charge in [-0.1, -0.05) is 36.4 Å². The van der Waals surface area contributed by atoms with Gasteiger partial charge in [-0.3, -0.25) is 9.59 Å². The number of carbonyl (C=O) groups is 2. The number of aryl methyl sites for hydroxylation is 1. The quantitative estimate of drug-likeness (QED) is 0.556. The maximum absolute atomic E-state index is 12.7. The zero-order valence-electron chi connectivity index (χ0n) is 16.7. The molecule has 2 amide bonds. The highest BCUT2D eigenvalue weighted by Gasteiger charge is 2.36. The summed E-state index contributed by atoms with van der Waals surface area (Å²) in [5, 5.41) is 5.63. The standard InChI is InChI=1S/C24H24N2O3/c1-17-9-7-8-12-21(17)26-23(28)24(2,3)22(27)25-18-13-15-20(16-14-18)29-19-10-5-4-6-11-19/h4-16H,1-3H3,(H,25,27)(H,26,28). The smallest absolute Gasteiger partial charge is 0.239 e. The first-order chi connectivity index (χ1) is 13.9. The highest BCUT2D eigenvalue weighted by molar-refractivity contribution is 6.14. The van der Waals surface area contributed by atoms with Crippen LogP contribution in [0.2, 0.25) is 0 Å². The van der Waals surface area contributed by atoms with Gasteiger partial charge in [-0.2, -0.15) is 0 Å². The molecule has 0 saturated carbocycles. The molecule has 3 rings (SSSR count). The number of amides is 2. The zero-order valence-corrected chi connectivity index (χ0v) is 16.7. The highest BCUT2D eigenvalue weighted by Crippen LogP contribution is 2.25. The van der Waals surface area contributed by atoms with Crippen LogP contribution in [-0.2, 0) is 9.59 Å². The first kappa shape index (κ1) is 20.1. The molecule has 148 valence electrons. The molecule has 0 atom stereocenters. The average molecular weight is 388 g/mol. The van der Waals surface area contributed by atoms with Crippen LogP contribution in [-0.4, -0.2) is 11.8 Å². The van der Waals surface area contributed by atoms with Crippen molar-refractivity contribution in [3.05, 3.63) is 84.4 Å². The van der Waals surface area contributed by atoms with Crippen LogP contribution in [0.15, 0.2) is 78.9 Å². The molecule has 29 heavy (non-hydrogen) atoms. The average Bonchev–Trinajstić information content (AvgIpc) is 2.72. The van der Waals surface area contributed by atoms with E-state index in [0.29, 0.717) is 17.1 Å². The topological polar surface area (TPSA) is 67.4 Å². The SMILES string of the molecule is Cc1ccccc1NC(=O)C(C)(C)C(=O)Nc1ccc(Oc2ccccc2)cc1. The number of anilines is 2. The Bertz CT molecular complexity index is 996. The van der Waals surface area contributed by atoms with Crippen molar-refractivity contribution in [1.82, 2.24) is 0 Å². The summed E-state index contributed by atoms with van der Waals surface area (Å²) in [6.07, 6.45) is 0. The third-order valence-corrected chi connectivity index (χ3v) is 4.62. The molecule has 0 aliphatic carbocycles. The Hall–Kier alpha value is -3.60. The minimum Gasteiger partial charge on any atom is -0.457 e. The Labute approximate surface area is 170 Å². The summed E-state index contributed by atoms with van der Waals surface area (Å²) in [5.74, 6) is 0.637. The number of para-hydroxylation sites is 2. The van der Waals surface area contributed by atoms with Crippen molar-refractivity contribution >= 4 is 23.2 Å². The maximum atomic E-state index is 12.7. The maximum Gasteiger partial charge on any atom is 0.239 e. The molecular weight excluding hydrogens is 364 g/mol. The summed E-state index contributed by atoms with van der Waals surface area (Å²) >= 11 is 0. The number of carbonyl (C=O) groups excluding carboxylic acids is 2. The normalized spacial score (nSPS) is 10.9. The lowest BCUT2D eigenvalue weighted by atomic mass is 9.90. The minimum atomic E-state index is -1.25. The molecular formula is C24H24N2O3. The molecule has 0 heterocycles. The summed E-state index contributed by atoms with van der Waals surface area (Å²) in [7, 11) is 0. The molecule has 3 aromatic rings. The molecule has 0 aliphatic rings. The molecule has 0 bridgehead atoms. The first-order valence-corrected chi connectivity index (χ1v) is 9.38. The largest absolute Gasteiger partial charge is 0.457 e. The summed E-state index contributed by atoms with van der Waals surface area (Å²) < 4.78 is 5.74. The summed E-state index contributed by atoms with van der Waals surface area (Å²) in [5.41, 5.74) is 0.973.